The van der Waals surface area contributed by atoms with Crippen LogP contribution in [-0.4, -0.2) is 0 Å². The fourth-order valence-electron chi connectivity index (χ4n) is 0. The molecule has 0 bridgehead atoms. The van der Waals surface area contributed by atoms with Gasteiger partial charge in [-0.15, -0.1) is 0 Å². The Bertz CT molecular complexity index is 15.9. The molecule has 0 aliphatic rings. The predicted octanol–water partition coefficient (Wildman–Crippen LogP) is -6.64. The molecule has 0 aliphatic carbocycles. The Labute approximate surface area is 108 Å². The second-order valence-electron chi connectivity index (χ2n) is 0.0505. The van der Waals surface area contributed by atoms with Crippen LogP contribution in [0, 0.1) is 0 Å². The monoisotopic (exact) mass is 379 g/mol. The van der Waals surface area contributed by atoms with Gasteiger partial charge >= 0.3 is 34.5 Å². The van der Waals surface area contributed by atoms with E-state index in [4.69, 9.17) is 19.4 Å². The summed E-state index contributed by atoms with van der Waals surface area (Å²) in [6, 6.07) is 0. The molecule has 12 heteroatoms. The summed E-state index contributed by atoms with van der Waals surface area (Å²) in [6.07, 6.45) is 0. The SMILES string of the molecule is N.N.N.N.N.N.[Cl-].[Cl-].[Cl-].[Cl][Ru+3][Cl]. The van der Waals surface area contributed by atoms with Crippen molar-refractivity contribution in [3.63, 3.8) is 0 Å². The van der Waals surface area contributed by atoms with Gasteiger partial charge in [0.1, 0.15) is 0 Å². The van der Waals surface area contributed by atoms with E-state index in [2.05, 4.69) is 0 Å². The molecule has 12 heavy (non-hydrogen) atoms. The molecule has 0 aromatic rings. The van der Waals surface area contributed by atoms with E-state index in [1.807, 2.05) is 0 Å². The fourth-order valence-corrected chi connectivity index (χ4v) is 0. The van der Waals surface area contributed by atoms with Crippen LogP contribution in [0.5, 0.6) is 0 Å². The predicted molar refractivity (Wildman–Crippen MR) is 41.8 cm³/mol. The molecule has 0 aromatic carbocycles. The van der Waals surface area contributed by atoms with Crippen molar-refractivity contribution in [1.29, 1.82) is 0 Å². The quantitative estimate of drug-likeness (QED) is 0.225. The summed E-state index contributed by atoms with van der Waals surface area (Å²) in [6.45, 7) is 0. The van der Waals surface area contributed by atoms with E-state index in [0.29, 0.717) is 0 Å². The van der Waals surface area contributed by atoms with E-state index in [-0.39, 0.29) is 89.3 Å². The average molecular weight is 381 g/mol. The van der Waals surface area contributed by atoms with Gasteiger partial charge in [0.25, 0.3) is 0 Å². The molecule has 0 radical (unpaired) electrons. The van der Waals surface area contributed by atoms with E-state index in [1.54, 1.807) is 0 Å². The topological polar surface area (TPSA) is 210 Å². The molecule has 0 atom stereocenters. The second-order valence-corrected chi connectivity index (χ2v) is 2.69. The zero-order chi connectivity index (χ0) is 2.71. The molecule has 0 saturated carbocycles. The van der Waals surface area contributed by atoms with Crippen LogP contribution in [0.25, 0.3) is 0 Å². The normalized spacial score (nSPS) is 1.17. The third kappa shape index (κ3) is 413. The summed E-state index contributed by atoms with van der Waals surface area (Å²) < 4.78 is 0. The van der Waals surface area contributed by atoms with Gasteiger partial charge in [0.05, 0.1) is 0 Å². The van der Waals surface area contributed by atoms with Crippen molar-refractivity contribution in [2.75, 3.05) is 0 Å². The molecule has 18 N–H and O–H groups in total. The summed E-state index contributed by atoms with van der Waals surface area (Å²) >= 11 is -0.346. The summed E-state index contributed by atoms with van der Waals surface area (Å²) in [4.78, 5) is 0. The Morgan fingerprint density at radius 1 is 0.500 bits per heavy atom. The Morgan fingerprint density at radius 3 is 0.500 bits per heavy atom. The van der Waals surface area contributed by atoms with E-state index in [0.717, 1.165) is 0 Å². The number of hydrogen-bond acceptors (Lipinski definition) is 6. The first-order chi connectivity index (χ1) is 1.41. The van der Waals surface area contributed by atoms with Gasteiger partial charge in [-0.2, -0.15) is 0 Å². The molecular weight excluding hydrogens is 362 g/mol. The molecule has 0 heterocycles. The Hall–Kier alpha value is 1.83. The molecule has 0 aliphatic heterocycles. The molecule has 6 nitrogen and oxygen atoms in total. The summed E-state index contributed by atoms with van der Waals surface area (Å²) in [5.74, 6) is 0. The first kappa shape index (κ1) is 155. The van der Waals surface area contributed by atoms with Gasteiger partial charge in [0.15, 0.2) is 0 Å². The Balaban J connectivity index is -0.000000000556. The van der Waals surface area contributed by atoms with Gasteiger partial charge in [-0.05, 0) is 0 Å². The van der Waals surface area contributed by atoms with Crippen molar-refractivity contribution in [1.82, 2.24) is 36.9 Å². The van der Waals surface area contributed by atoms with Gasteiger partial charge in [0.2, 0.25) is 0 Å². The molecule has 0 aromatic heterocycles. The zero-order valence-corrected chi connectivity index (χ0v) is 12.0. The molecule has 91 valence electrons. The maximum absolute atomic E-state index is 4.85. The fraction of sp³-hybridized carbons (Fsp3) is 0. The molecule has 0 saturated heterocycles. The molecule has 0 unspecified atom stereocenters. The van der Waals surface area contributed by atoms with Gasteiger partial charge in [0, 0.05) is 0 Å². The average Bonchev–Trinajstić information content (AvgIpc) is 0.918. The van der Waals surface area contributed by atoms with Crippen LogP contribution >= 0.6 is 19.4 Å². The third-order valence-electron chi connectivity index (χ3n) is 0. The van der Waals surface area contributed by atoms with Crippen LogP contribution in [0.3, 0.4) is 0 Å². The van der Waals surface area contributed by atoms with Crippen molar-refractivity contribution in [3.8, 4) is 0 Å². The molecule has 0 spiro atoms. The van der Waals surface area contributed by atoms with Gasteiger partial charge in [-0.3, -0.25) is 0 Å². The van der Waals surface area contributed by atoms with Crippen LogP contribution in [0.1, 0.15) is 0 Å². The number of rotatable bonds is 0. The molecule has 0 rings (SSSR count). The van der Waals surface area contributed by atoms with Gasteiger partial charge in [-0.25, -0.2) is 0 Å². The van der Waals surface area contributed by atoms with Crippen molar-refractivity contribution in [2.45, 2.75) is 0 Å². The first-order valence-electron chi connectivity index (χ1n) is 0.267. The van der Waals surface area contributed by atoms with Crippen LogP contribution in [0.15, 0.2) is 0 Å². The van der Waals surface area contributed by atoms with Crippen molar-refractivity contribution in [2.24, 2.45) is 0 Å². The standard InChI is InChI=1S/5ClH.6H3N.Ru/h5*1H;6*1H3;/q;;;;;;;;;;;+5/p-5. The number of halogens is 5. The molecule has 0 fully saturated rings. The Morgan fingerprint density at radius 2 is 0.500 bits per heavy atom. The van der Waals surface area contributed by atoms with E-state index in [1.165, 1.54) is 0 Å². The zero-order valence-electron chi connectivity index (χ0n) is 6.49. The van der Waals surface area contributed by atoms with Crippen LogP contribution in [0.2, 0.25) is 0 Å². The minimum absolute atomic E-state index is 0. The van der Waals surface area contributed by atoms with E-state index in [9.17, 15) is 0 Å². The van der Waals surface area contributed by atoms with Crippen molar-refractivity contribution < 1.29 is 52.4 Å². The third-order valence-corrected chi connectivity index (χ3v) is 0. The van der Waals surface area contributed by atoms with Gasteiger partial charge in [-0.1, -0.05) is 0 Å². The number of hydrogen-bond donors (Lipinski definition) is 6. The van der Waals surface area contributed by atoms with Crippen molar-refractivity contribution in [3.05, 3.63) is 0 Å². The van der Waals surface area contributed by atoms with E-state index < -0.39 is 0 Å². The van der Waals surface area contributed by atoms with Crippen LogP contribution < -0.4 is 74.1 Å². The molecule has 0 amide bonds. The molecular formula is H18Cl5N6Ru. The van der Waals surface area contributed by atoms with E-state index >= 15 is 0 Å². The second kappa shape index (κ2) is 224. The summed E-state index contributed by atoms with van der Waals surface area (Å²) in [5.41, 5.74) is 0. The maximum atomic E-state index is 4.85. The van der Waals surface area contributed by atoms with Crippen LogP contribution in [0.4, 0.5) is 0 Å². The van der Waals surface area contributed by atoms with Gasteiger partial charge < -0.3 is 74.1 Å². The van der Waals surface area contributed by atoms with Crippen molar-refractivity contribution >= 4 is 19.4 Å². The van der Waals surface area contributed by atoms with Crippen LogP contribution in [-0.2, 0) is 15.1 Å². The summed E-state index contributed by atoms with van der Waals surface area (Å²) in [5, 5.41) is 0. The summed E-state index contributed by atoms with van der Waals surface area (Å²) in [7, 11) is 9.71. The minimum atomic E-state index is -0.346. The first-order valence-corrected chi connectivity index (χ1v) is 4.74. The Kier molecular flexibility index (Phi) is 2890.